The minimum atomic E-state index is -2.01. The molecular formula is C51H92N8O19S. The van der Waals surface area contributed by atoms with Gasteiger partial charge in [-0.3, -0.25) is 43.1 Å². The molecule has 0 fully saturated rings. The van der Waals surface area contributed by atoms with Gasteiger partial charge in [-0.1, -0.05) is 89.9 Å². The van der Waals surface area contributed by atoms with Gasteiger partial charge in [0.15, 0.2) is 6.29 Å². The fraction of sp³-hybridized carbons (Fsp3) is 0.804. The summed E-state index contributed by atoms with van der Waals surface area (Å²) in [7, 11) is 0. The Labute approximate surface area is 469 Å². The Bertz CT molecular complexity index is 1750. The van der Waals surface area contributed by atoms with E-state index in [4.69, 9.17) is 29.8 Å². The van der Waals surface area contributed by atoms with Gasteiger partial charge in [0, 0.05) is 51.7 Å². The molecule has 4 atom stereocenters. The Kier molecular flexibility index (Phi) is 46.5. The van der Waals surface area contributed by atoms with Crippen LogP contribution < -0.4 is 42.4 Å². The summed E-state index contributed by atoms with van der Waals surface area (Å²) in [5.41, 5.74) is 5.23. The summed E-state index contributed by atoms with van der Waals surface area (Å²) in [6, 6.07) is -4.49. The van der Waals surface area contributed by atoms with E-state index in [1.807, 2.05) is 0 Å². The van der Waals surface area contributed by atoms with Crippen LogP contribution >= 0.6 is 12.8 Å². The standard InChI is InChI=1S/C51H92N8O19S/c52-48(68)37(59-79)17-15-16-26-53-41(60)23-20-39(50(71)72)57-44(63)25-22-40(51(73)74)58-46(65)36-78-34-32-76-30-28-55-45(64)35-77-33-31-75-29-27-54-42(61)24-21-38(49(69)70)56-43(62)18-13-11-9-7-5-3-1-2-4-6-8-10-12-14-19-47(66)67/h37-40,50,59,71-72,79H,1-36H2,(H2,52,68)(H,53,60)(H,54,61)(H,55,64)(H,56,62)(H,57,63)(H,58,65)(H,66,67)(H,69,70)(H,73,74)/t37-,38-,39-,40-/m0/s1. The van der Waals surface area contributed by atoms with Gasteiger partial charge in [-0.2, -0.15) is 0 Å². The molecule has 456 valence electrons. The van der Waals surface area contributed by atoms with Crippen molar-refractivity contribution in [3.63, 3.8) is 0 Å². The fourth-order valence-corrected chi connectivity index (χ4v) is 7.86. The van der Waals surface area contributed by atoms with Crippen molar-refractivity contribution in [3.05, 3.63) is 0 Å². The van der Waals surface area contributed by atoms with Gasteiger partial charge in [0.25, 0.3) is 0 Å². The molecule has 0 rings (SSSR count). The molecule has 0 aliphatic carbocycles. The van der Waals surface area contributed by atoms with Gasteiger partial charge in [0.1, 0.15) is 25.3 Å². The average Bonchev–Trinajstić information content (AvgIpc) is 3.39. The highest BCUT2D eigenvalue weighted by Crippen LogP contribution is 2.14. The first-order valence-corrected chi connectivity index (χ1v) is 28.0. The third kappa shape index (κ3) is 46.3. The molecule has 0 aromatic rings. The molecule has 0 saturated carbocycles. The lowest BCUT2D eigenvalue weighted by atomic mass is 10.0. The quantitative estimate of drug-likeness (QED) is 0.0223. The van der Waals surface area contributed by atoms with Crippen LogP contribution in [-0.4, -0.2) is 188 Å². The number of carboxylic acid groups (broad SMARTS) is 3. The number of thiol groups is 1. The number of carbonyl (C=O) groups excluding carboxylic acids is 7. The highest BCUT2D eigenvalue weighted by molar-refractivity contribution is 7.78. The Hall–Kier alpha value is -5.23. The van der Waals surface area contributed by atoms with Crippen LogP contribution in [0.25, 0.3) is 0 Å². The van der Waals surface area contributed by atoms with Gasteiger partial charge < -0.3 is 82.1 Å². The van der Waals surface area contributed by atoms with Crippen LogP contribution in [0.4, 0.5) is 0 Å². The van der Waals surface area contributed by atoms with Crippen molar-refractivity contribution in [1.29, 1.82) is 0 Å². The van der Waals surface area contributed by atoms with Gasteiger partial charge in [-0.15, -0.1) is 0 Å². The van der Waals surface area contributed by atoms with E-state index in [0.717, 1.165) is 51.4 Å². The minimum absolute atomic E-state index is 0.0409. The first kappa shape index (κ1) is 73.8. The number of carboxylic acids is 3. The normalized spacial score (nSPS) is 12.7. The number of carbonyl (C=O) groups is 10. The van der Waals surface area contributed by atoms with Crippen LogP contribution in [0, 0.1) is 0 Å². The van der Waals surface area contributed by atoms with Gasteiger partial charge in [-0.05, 0) is 51.4 Å². The van der Waals surface area contributed by atoms with E-state index in [0.29, 0.717) is 25.7 Å². The number of amides is 7. The van der Waals surface area contributed by atoms with E-state index in [1.165, 1.54) is 32.1 Å². The number of unbranched alkanes of at least 4 members (excludes halogenated alkanes) is 14. The molecule has 0 heterocycles. The second kappa shape index (κ2) is 49.8. The lowest BCUT2D eigenvalue weighted by Gasteiger charge is -2.21. The molecule has 0 unspecified atom stereocenters. The Morgan fingerprint density at radius 2 is 0.797 bits per heavy atom. The maximum atomic E-state index is 12.5. The lowest BCUT2D eigenvalue weighted by Crippen LogP contribution is -2.46. The number of primary amides is 1. The highest BCUT2D eigenvalue weighted by atomic mass is 32.1. The summed E-state index contributed by atoms with van der Waals surface area (Å²) in [4.78, 5) is 119. The third-order valence-corrected chi connectivity index (χ3v) is 12.4. The van der Waals surface area contributed by atoms with E-state index in [-0.39, 0.29) is 117 Å². The zero-order valence-electron chi connectivity index (χ0n) is 45.8. The number of rotatable bonds is 55. The predicted molar refractivity (Wildman–Crippen MR) is 290 cm³/mol. The average molecular weight is 1150 g/mol. The first-order valence-electron chi connectivity index (χ1n) is 27.6. The third-order valence-electron chi connectivity index (χ3n) is 12.1. The Morgan fingerprint density at radius 1 is 0.392 bits per heavy atom. The van der Waals surface area contributed by atoms with Gasteiger partial charge in [-0.25, -0.2) is 9.59 Å². The molecule has 14 N–H and O–H groups in total. The number of aliphatic carboxylic acids is 3. The van der Waals surface area contributed by atoms with Crippen molar-refractivity contribution in [3.8, 4) is 0 Å². The first-order chi connectivity index (χ1) is 37.9. The van der Waals surface area contributed by atoms with Crippen LogP contribution in [0.1, 0.15) is 161 Å². The van der Waals surface area contributed by atoms with Crippen LogP contribution in [0.15, 0.2) is 0 Å². The lowest BCUT2D eigenvalue weighted by molar-refractivity contribution is -0.143. The molecule has 0 aromatic heterocycles. The molecule has 27 nitrogen and oxygen atoms in total. The zero-order valence-corrected chi connectivity index (χ0v) is 46.7. The van der Waals surface area contributed by atoms with Crippen LogP contribution in [0.2, 0.25) is 0 Å². The molecule has 28 heteroatoms. The van der Waals surface area contributed by atoms with Crippen molar-refractivity contribution >= 4 is 72.1 Å². The zero-order chi connectivity index (χ0) is 58.9. The predicted octanol–water partition coefficient (Wildman–Crippen LogP) is 0.461. The minimum Gasteiger partial charge on any atom is -0.481 e. The number of hydrogen-bond donors (Lipinski definition) is 14. The van der Waals surface area contributed by atoms with Crippen molar-refractivity contribution in [2.24, 2.45) is 5.73 Å². The van der Waals surface area contributed by atoms with Gasteiger partial charge in [0.2, 0.25) is 41.4 Å². The van der Waals surface area contributed by atoms with E-state index >= 15 is 0 Å². The molecule has 0 radical (unpaired) electrons. The number of hydrogen-bond acceptors (Lipinski definition) is 18. The maximum absolute atomic E-state index is 12.5. The Balaban J connectivity index is 3.97. The van der Waals surface area contributed by atoms with Crippen LogP contribution in [-0.2, 0) is 66.9 Å². The molecule has 0 bridgehead atoms. The van der Waals surface area contributed by atoms with Crippen molar-refractivity contribution in [1.82, 2.24) is 36.6 Å². The SMILES string of the molecule is NC(=O)[C@H](CCCCNC(=O)CC[C@H](NC(=O)CC[C@H](NC(=O)COCCOCCNC(=O)COCCOCCNC(=O)CC[C@H](NC(=O)CCCCCCCCCCCCCCCCC(=O)O)C(=O)O)C(=O)O)C(O)O)NS. The molecule has 7 amide bonds. The molecule has 0 spiro atoms. The summed E-state index contributed by atoms with van der Waals surface area (Å²) in [5, 5.41) is 62.1. The summed E-state index contributed by atoms with van der Waals surface area (Å²) < 4.78 is 23.7. The van der Waals surface area contributed by atoms with E-state index in [1.54, 1.807) is 0 Å². The molecule has 0 aromatic carbocycles. The number of nitrogens with one attached hydrogen (secondary N) is 7. The largest absolute Gasteiger partial charge is 0.481 e. The maximum Gasteiger partial charge on any atom is 0.326 e. The van der Waals surface area contributed by atoms with Gasteiger partial charge in [0.05, 0.1) is 51.7 Å². The van der Waals surface area contributed by atoms with E-state index in [9.17, 15) is 68.4 Å². The topological polar surface area (TPSA) is 419 Å². The Morgan fingerprint density at radius 3 is 1.27 bits per heavy atom. The van der Waals surface area contributed by atoms with Crippen LogP contribution in [0.5, 0.6) is 0 Å². The molecule has 0 aliphatic heterocycles. The van der Waals surface area contributed by atoms with Crippen molar-refractivity contribution in [2.45, 2.75) is 191 Å². The summed E-state index contributed by atoms with van der Waals surface area (Å²) in [6.07, 6.45) is 13.5. The van der Waals surface area contributed by atoms with E-state index < -0.39 is 96.8 Å². The number of aliphatic hydroxyl groups is 2. The molecule has 79 heavy (non-hydrogen) atoms. The second-order valence-corrected chi connectivity index (χ2v) is 19.2. The number of nitrogens with two attached hydrogens (primary N) is 1. The molecule has 0 saturated heterocycles. The van der Waals surface area contributed by atoms with Crippen molar-refractivity contribution < 1.29 is 92.4 Å². The fourth-order valence-electron chi connectivity index (χ4n) is 7.61. The van der Waals surface area contributed by atoms with Crippen LogP contribution in [0.3, 0.4) is 0 Å². The molecular weight excluding hydrogens is 1060 g/mol. The summed E-state index contributed by atoms with van der Waals surface area (Å²) >= 11 is 3.84. The monoisotopic (exact) mass is 1150 g/mol. The molecule has 0 aliphatic rings. The van der Waals surface area contributed by atoms with Gasteiger partial charge >= 0.3 is 17.9 Å². The summed E-state index contributed by atoms with van der Waals surface area (Å²) in [5.74, 6) is -7.02. The smallest absolute Gasteiger partial charge is 0.326 e. The second-order valence-electron chi connectivity index (χ2n) is 18.9. The van der Waals surface area contributed by atoms with Crippen molar-refractivity contribution in [2.75, 3.05) is 72.5 Å². The van der Waals surface area contributed by atoms with E-state index in [2.05, 4.69) is 49.4 Å². The highest BCUT2D eigenvalue weighted by Gasteiger charge is 2.25. The summed E-state index contributed by atoms with van der Waals surface area (Å²) in [6.45, 7) is 0.301. The number of aliphatic hydroxyl groups excluding tert-OH is 1. The number of ether oxygens (including phenoxy) is 4.